The van der Waals surface area contributed by atoms with Gasteiger partial charge in [0.2, 0.25) is 23.6 Å². The molecule has 26 nitrogen and oxygen atoms in total. The summed E-state index contributed by atoms with van der Waals surface area (Å²) < 4.78 is 134. The number of amides is 4. The Hall–Kier alpha value is -15.3. The van der Waals surface area contributed by atoms with Crippen LogP contribution >= 0.6 is 0 Å². The summed E-state index contributed by atoms with van der Waals surface area (Å²) in [7, 11) is 4.60. The number of carbonyl (C=O) groups excluding carboxylic acids is 9. The fourth-order valence-electron chi connectivity index (χ4n) is 15.1. The third kappa shape index (κ3) is 29.6. The number of hydrogen-bond donors (Lipinski definition) is 9. The second kappa shape index (κ2) is 53.0. The monoisotopic (exact) mass is 1940 g/mol. The number of halogens is 8. The van der Waals surface area contributed by atoms with Gasteiger partial charge in [0.15, 0.2) is 5.69 Å². The summed E-state index contributed by atoms with van der Waals surface area (Å²) in [6.45, 7) is 14.7. The van der Waals surface area contributed by atoms with Gasteiger partial charge in [-0.3, -0.25) is 24.2 Å². The van der Waals surface area contributed by atoms with Crippen molar-refractivity contribution in [2.24, 2.45) is 52.3 Å². The molecule has 0 bridgehead atoms. The largest absolute Gasteiger partial charge is 1.00 e. The first kappa shape index (κ1) is 111. The van der Waals surface area contributed by atoms with Gasteiger partial charge in [-0.1, -0.05) is 117 Å². The number of hydrogen-bond acceptors (Lipinski definition) is 21. The molecule has 5 aliphatic rings. The van der Waals surface area contributed by atoms with Crippen LogP contribution in [0.25, 0.3) is 49.4 Å². The van der Waals surface area contributed by atoms with Crippen molar-refractivity contribution in [3.05, 3.63) is 339 Å². The molecule has 721 valence electrons. The Morgan fingerprint density at radius 2 is 0.766 bits per heavy atom. The van der Waals surface area contributed by atoms with E-state index in [1.165, 1.54) is 103 Å². The van der Waals surface area contributed by atoms with Crippen molar-refractivity contribution in [1.29, 1.82) is 10.5 Å². The first-order valence-corrected chi connectivity index (χ1v) is 43.2. The second-order valence-corrected chi connectivity index (χ2v) is 32.2. The molecular weight excluding hydrogens is 1840 g/mol. The van der Waals surface area contributed by atoms with Crippen LogP contribution in [0.2, 0.25) is 0 Å². The predicted molar refractivity (Wildman–Crippen MR) is 508 cm³/mol. The zero-order valence-electron chi connectivity index (χ0n) is 76.4. The van der Waals surface area contributed by atoms with Gasteiger partial charge in [-0.25, -0.2) is 59.1 Å². The molecule has 0 aromatic heterocycles. The molecule has 1 aliphatic heterocycles. The molecule has 141 heavy (non-hydrogen) atoms. The average Bonchev–Trinajstić information content (AvgIpc) is 1.80. The maximum absolute atomic E-state index is 14.8. The maximum Gasteiger partial charge on any atom is 1.00 e. The number of methoxy groups -OCH3 is 4. The van der Waals surface area contributed by atoms with Crippen LogP contribution in [0.4, 0.5) is 57.9 Å². The van der Waals surface area contributed by atoms with E-state index in [1.807, 2.05) is 42.5 Å². The number of nitrogens with two attached hydrogens (primary N) is 1. The number of rotatable bonds is 29. The molecular formula is C105H97BF8N12NaO14. The van der Waals surface area contributed by atoms with E-state index >= 15 is 0 Å². The summed E-state index contributed by atoms with van der Waals surface area (Å²) in [6.07, 6.45) is 3.43. The first-order valence-electron chi connectivity index (χ1n) is 43.2. The van der Waals surface area contributed by atoms with E-state index in [1.54, 1.807) is 54.6 Å². The van der Waals surface area contributed by atoms with E-state index < -0.39 is 70.4 Å². The number of aldehydes is 1. The van der Waals surface area contributed by atoms with Gasteiger partial charge in [0.1, 0.15) is 80.9 Å². The zero-order valence-corrected chi connectivity index (χ0v) is 78.4. The summed E-state index contributed by atoms with van der Waals surface area (Å²) in [6, 6.07) is 57.3. The van der Waals surface area contributed by atoms with Gasteiger partial charge in [-0.05, 0) is 197 Å². The van der Waals surface area contributed by atoms with Gasteiger partial charge in [0.05, 0.1) is 53.2 Å². The topological polar surface area (TPSA) is 385 Å². The molecule has 3 radical (unpaired) electrons. The van der Waals surface area contributed by atoms with Gasteiger partial charge < -0.3 is 83.6 Å². The van der Waals surface area contributed by atoms with Crippen molar-refractivity contribution in [3.63, 3.8) is 0 Å². The Bertz CT molecular complexity index is 6490. The van der Waals surface area contributed by atoms with E-state index in [2.05, 4.69) is 66.0 Å². The number of nitrogens with zero attached hydrogens (tertiary/aromatic N) is 4. The molecule has 4 saturated carbocycles. The number of nitriles is 1. The number of aliphatic hydroxyl groups is 1. The summed E-state index contributed by atoms with van der Waals surface area (Å²) in [4.78, 5) is 115. The third-order valence-corrected chi connectivity index (χ3v) is 23.3. The minimum absolute atomic E-state index is 0. The van der Waals surface area contributed by atoms with E-state index in [0.717, 1.165) is 108 Å². The molecule has 11 aromatic rings. The quantitative estimate of drug-likeness (QED) is 0.00400. The SMILES string of the molecule is C.COC(=O)c1c(F)cccc1-c1ccc(CNC(=O)C2CC2C=O)c(F)c1.COC(=O)c1c(F)cccc1-c1ccc(CNC(=O)C2CC2CNc2ccc(C3=NCCN3)cc2)c(F)c1.COC(=O)c1c(F)cccc1-c1ccc(CNC(=O)C2CC2CO)c(F)c1.N#Cc1ccc(N)cc1.[B].[C-]#N.[C-]#[N+]c1ccc(NCC2CC2C(=O)NCc2ccc(-c3cccc(F)c3C(=O)OC)cc2F)cc1.[Na+]. The molecule has 8 atom stereocenters. The maximum atomic E-state index is 14.8. The molecule has 0 saturated heterocycles. The van der Waals surface area contributed by atoms with E-state index in [4.69, 9.17) is 34.5 Å². The number of benzene rings is 11. The number of nitrogen functional groups attached to an aromatic ring is 1. The molecule has 4 fully saturated rings. The van der Waals surface area contributed by atoms with Crippen LogP contribution in [-0.4, -0.2) is 134 Å². The molecule has 11 aromatic carbocycles. The van der Waals surface area contributed by atoms with Crippen LogP contribution in [0.5, 0.6) is 0 Å². The number of aliphatic imine (C=N–C) groups is 1. The van der Waals surface area contributed by atoms with E-state index in [9.17, 15) is 78.3 Å². The minimum atomic E-state index is -0.853. The molecule has 16 rings (SSSR count). The van der Waals surface area contributed by atoms with Crippen LogP contribution < -0.4 is 72.5 Å². The smallest absolute Gasteiger partial charge is 0.512 e. The third-order valence-electron chi connectivity index (χ3n) is 23.3. The number of ether oxygens (including phenoxy) is 4. The summed E-state index contributed by atoms with van der Waals surface area (Å²) in [5, 5.41) is 44.3. The van der Waals surface area contributed by atoms with Crippen molar-refractivity contribution in [3.8, 4) is 50.6 Å². The normalized spacial score (nSPS) is 16.2. The van der Waals surface area contributed by atoms with Crippen molar-refractivity contribution in [2.45, 2.75) is 59.3 Å². The van der Waals surface area contributed by atoms with Crippen molar-refractivity contribution in [2.75, 3.05) is 77.6 Å². The van der Waals surface area contributed by atoms with Gasteiger partial charge in [0.25, 0.3) is 0 Å². The van der Waals surface area contributed by atoms with Gasteiger partial charge in [-0.15, -0.1) is 0 Å². The van der Waals surface area contributed by atoms with Crippen LogP contribution in [-0.2, 0) is 69.1 Å². The van der Waals surface area contributed by atoms with Crippen molar-refractivity contribution in [1.82, 2.24) is 26.6 Å². The molecule has 1 heterocycles. The fourth-order valence-corrected chi connectivity index (χ4v) is 15.1. The van der Waals surface area contributed by atoms with Gasteiger partial charge >= 0.3 is 53.4 Å². The number of esters is 4. The van der Waals surface area contributed by atoms with Gasteiger partial charge in [0, 0.05) is 135 Å². The summed E-state index contributed by atoms with van der Waals surface area (Å²) in [5.41, 5.74) is 12.4. The summed E-state index contributed by atoms with van der Waals surface area (Å²) in [5.74, 6) is -9.17. The molecule has 0 spiro atoms. The zero-order chi connectivity index (χ0) is 99.4. The molecule has 4 aliphatic carbocycles. The summed E-state index contributed by atoms with van der Waals surface area (Å²) >= 11 is 0. The number of amidine groups is 1. The van der Waals surface area contributed by atoms with Crippen molar-refractivity contribution < 1.29 is 132 Å². The Morgan fingerprint density at radius 1 is 0.454 bits per heavy atom. The Balaban J connectivity index is 0.000000222. The van der Waals surface area contributed by atoms with Crippen molar-refractivity contribution >= 4 is 90.8 Å². The van der Waals surface area contributed by atoms with E-state index in [0.29, 0.717) is 70.7 Å². The van der Waals surface area contributed by atoms with E-state index in [-0.39, 0.29) is 210 Å². The van der Waals surface area contributed by atoms with Crippen LogP contribution in [0, 0.1) is 124 Å². The molecule has 10 N–H and O–H groups in total. The molecule has 8 unspecified atom stereocenters. The standard InChI is InChI=1S/C29H28F2N4O3.C27H23F2N3O3.C20H19F2NO4.C20H17F2NO4.C7H6N2.CN.CH4.B.Na/c1-38-29(37)26-22(3-2-4-24(26)30)18-5-6-19(25(31)14-18)15-35-28(36)23-13-20(23)16-34-21-9-7-17(8-10-21)27-32-11-12-33-27;1-30-19-8-10-20(11-9-19)31-15-18-12-22(18)26(33)32-14-17-7-6-16(13-24(17)29)21-4-3-5-23(28)25(21)27(34)35-2;2*1-27-20(26)18-14(3-2-4-16(18)21)11-5-6-12(17(22)8-11)9-23-19(25)15-7-13(15)10-24;8-5-6-1-3-7(9)4-2-6;1-2;;;/h2-10,14,20,23,34H,11-13,15-16H2,1H3,(H,32,33)(H,35,36);3-11,13,18,22,31H,12,14-15H2,2H3,(H,32,33);2-6,8,13,15,24H,7,9-10H2,1H3,(H,23,25);2-6,8,10,13,15H,7,9H2,1H3,(H,23,25);1-4H,9H2;;1H4;;/q;;;;;-1;;;+1. The molecule has 4 amide bonds. The minimum Gasteiger partial charge on any atom is -0.512 e. The average molecular weight is 1940 g/mol. The number of aliphatic hydroxyl groups excluding tert-OH is 1. The van der Waals surface area contributed by atoms with Crippen LogP contribution in [0.1, 0.15) is 108 Å². The Morgan fingerprint density at radius 3 is 1.04 bits per heavy atom. The Labute approximate surface area is 832 Å². The number of nitrogens with one attached hydrogen (secondary N) is 7. The number of carbonyl (C=O) groups is 9. The van der Waals surface area contributed by atoms with Crippen LogP contribution in [0.15, 0.2) is 223 Å². The molecule has 36 heteroatoms. The van der Waals surface area contributed by atoms with Crippen LogP contribution in [0.3, 0.4) is 0 Å². The predicted octanol–water partition coefficient (Wildman–Crippen LogP) is 13.5. The Kier molecular flexibility index (Phi) is 41.7. The first-order chi connectivity index (χ1) is 66.6. The van der Waals surface area contributed by atoms with Gasteiger partial charge in [-0.2, -0.15) is 5.26 Å². The number of anilines is 3. The second-order valence-electron chi connectivity index (χ2n) is 32.2. The fraction of sp³-hybridized carbons (Fsp3) is 0.248.